The molecule has 0 amide bonds. The molecule has 0 unspecified atom stereocenters. The Hall–Kier alpha value is -2.29. The topological polar surface area (TPSA) is 55.5 Å². The molecule has 0 aliphatic carbocycles. The minimum atomic E-state index is -4.21. The second-order valence-corrected chi connectivity index (χ2v) is 6.29. The lowest BCUT2D eigenvalue weighted by Crippen LogP contribution is -2.39. The molecule has 0 saturated carbocycles. The van der Waals surface area contributed by atoms with Gasteiger partial charge in [-0.1, -0.05) is 0 Å². The first-order chi connectivity index (χ1) is 12.8. The number of rotatable bonds is 8. The van der Waals surface area contributed by atoms with E-state index in [0.29, 0.717) is 25.5 Å². The second-order valence-electron chi connectivity index (χ2n) is 6.29. The monoisotopic (exact) mass is 387 g/mol. The summed E-state index contributed by atoms with van der Waals surface area (Å²) in [6.07, 6.45) is -1.70. The number of guanidine groups is 1. The van der Waals surface area contributed by atoms with Gasteiger partial charge in [-0.15, -0.1) is 0 Å². The Morgan fingerprint density at radius 1 is 1.26 bits per heavy atom. The van der Waals surface area contributed by atoms with E-state index in [9.17, 15) is 17.6 Å². The SMILES string of the molecule is CCNC(=NCCN(C)CC(F)(F)F)NCCc1c[nH]c2ccc(F)cc12. The molecule has 0 spiro atoms. The minimum absolute atomic E-state index is 0.206. The van der Waals surface area contributed by atoms with Gasteiger partial charge >= 0.3 is 6.18 Å². The Bertz CT molecular complexity index is 754. The maximum Gasteiger partial charge on any atom is 0.401 e. The van der Waals surface area contributed by atoms with Crippen molar-refractivity contribution in [3.8, 4) is 0 Å². The number of nitrogens with one attached hydrogen (secondary N) is 3. The molecule has 0 aliphatic heterocycles. The van der Waals surface area contributed by atoms with E-state index < -0.39 is 12.7 Å². The van der Waals surface area contributed by atoms with Crippen LogP contribution in [0.15, 0.2) is 29.4 Å². The van der Waals surface area contributed by atoms with Gasteiger partial charge in [0.1, 0.15) is 5.82 Å². The average Bonchev–Trinajstić information content (AvgIpc) is 2.95. The number of likely N-dealkylation sites (N-methyl/N-ethyl adjacent to an activating group) is 1. The second kappa shape index (κ2) is 9.59. The fourth-order valence-electron chi connectivity index (χ4n) is 2.73. The Morgan fingerprint density at radius 3 is 2.74 bits per heavy atom. The Labute approximate surface area is 155 Å². The number of alkyl halides is 3. The fraction of sp³-hybridized carbons (Fsp3) is 0.500. The Balaban J connectivity index is 1.85. The van der Waals surface area contributed by atoms with E-state index in [4.69, 9.17) is 0 Å². The van der Waals surface area contributed by atoms with Crippen molar-refractivity contribution >= 4 is 16.9 Å². The van der Waals surface area contributed by atoms with Crippen molar-refractivity contribution < 1.29 is 17.6 Å². The summed E-state index contributed by atoms with van der Waals surface area (Å²) in [6, 6.07) is 4.61. The molecular weight excluding hydrogens is 362 g/mol. The van der Waals surface area contributed by atoms with Crippen molar-refractivity contribution in [3.63, 3.8) is 0 Å². The maximum absolute atomic E-state index is 13.4. The number of benzene rings is 1. The summed E-state index contributed by atoms with van der Waals surface area (Å²) in [5.41, 5.74) is 1.86. The van der Waals surface area contributed by atoms with E-state index in [1.807, 2.05) is 13.1 Å². The molecule has 0 saturated heterocycles. The molecule has 0 atom stereocenters. The van der Waals surface area contributed by atoms with Gasteiger partial charge < -0.3 is 15.6 Å². The highest BCUT2D eigenvalue weighted by molar-refractivity contribution is 5.83. The number of aromatic amines is 1. The molecule has 9 heteroatoms. The van der Waals surface area contributed by atoms with Crippen LogP contribution in [0.25, 0.3) is 10.9 Å². The lowest BCUT2D eigenvalue weighted by atomic mass is 10.1. The van der Waals surface area contributed by atoms with Crippen LogP contribution in [0.1, 0.15) is 12.5 Å². The number of hydrogen-bond donors (Lipinski definition) is 3. The van der Waals surface area contributed by atoms with Crippen molar-refractivity contribution in [2.24, 2.45) is 4.99 Å². The summed E-state index contributed by atoms with van der Waals surface area (Å²) in [4.78, 5) is 8.59. The van der Waals surface area contributed by atoms with Crippen LogP contribution in [-0.4, -0.2) is 61.8 Å². The average molecular weight is 387 g/mol. The van der Waals surface area contributed by atoms with Gasteiger partial charge in [0.05, 0.1) is 13.1 Å². The molecule has 150 valence electrons. The van der Waals surface area contributed by atoms with Crippen LogP contribution in [0.5, 0.6) is 0 Å². The molecule has 0 bridgehead atoms. The molecule has 3 N–H and O–H groups in total. The molecule has 5 nitrogen and oxygen atoms in total. The summed E-state index contributed by atoms with van der Waals surface area (Å²) in [5.74, 6) is 0.262. The van der Waals surface area contributed by atoms with Crippen LogP contribution < -0.4 is 10.6 Å². The van der Waals surface area contributed by atoms with Crippen LogP contribution in [-0.2, 0) is 6.42 Å². The molecule has 27 heavy (non-hydrogen) atoms. The number of halogens is 4. The minimum Gasteiger partial charge on any atom is -0.361 e. The van der Waals surface area contributed by atoms with Crippen molar-refractivity contribution in [2.45, 2.75) is 19.5 Å². The highest BCUT2D eigenvalue weighted by Crippen LogP contribution is 2.19. The lowest BCUT2D eigenvalue weighted by molar-refractivity contribution is -0.142. The zero-order valence-corrected chi connectivity index (χ0v) is 15.5. The van der Waals surface area contributed by atoms with Gasteiger partial charge in [-0.3, -0.25) is 9.89 Å². The van der Waals surface area contributed by atoms with E-state index in [0.717, 1.165) is 16.5 Å². The molecule has 0 radical (unpaired) electrons. The van der Waals surface area contributed by atoms with E-state index in [2.05, 4.69) is 20.6 Å². The molecule has 1 aromatic heterocycles. The first-order valence-corrected chi connectivity index (χ1v) is 8.81. The number of fused-ring (bicyclic) bond motifs is 1. The van der Waals surface area contributed by atoms with Gasteiger partial charge in [-0.25, -0.2) is 4.39 Å². The zero-order valence-electron chi connectivity index (χ0n) is 15.5. The van der Waals surface area contributed by atoms with Crippen LogP contribution in [0, 0.1) is 5.82 Å². The number of aliphatic imine (C=N–C) groups is 1. The quantitative estimate of drug-likeness (QED) is 0.371. The highest BCUT2D eigenvalue weighted by Gasteiger charge is 2.28. The number of aromatic nitrogens is 1. The largest absolute Gasteiger partial charge is 0.401 e. The molecule has 2 rings (SSSR count). The van der Waals surface area contributed by atoms with Gasteiger partial charge in [-0.05, 0) is 44.2 Å². The molecule has 0 aliphatic rings. The summed E-state index contributed by atoms with van der Waals surface area (Å²) in [7, 11) is 1.42. The van der Waals surface area contributed by atoms with Gasteiger partial charge in [-0.2, -0.15) is 13.2 Å². The molecule has 2 aromatic rings. The maximum atomic E-state index is 13.4. The summed E-state index contributed by atoms with van der Waals surface area (Å²) < 4.78 is 50.4. The number of hydrogen-bond acceptors (Lipinski definition) is 2. The normalized spacial score (nSPS) is 12.8. The first-order valence-electron chi connectivity index (χ1n) is 8.81. The molecular formula is C18H25F4N5. The van der Waals surface area contributed by atoms with Crippen LogP contribution in [0.4, 0.5) is 17.6 Å². The van der Waals surface area contributed by atoms with Crippen molar-refractivity contribution in [2.75, 3.05) is 39.8 Å². The van der Waals surface area contributed by atoms with E-state index >= 15 is 0 Å². The molecule has 0 fully saturated rings. The molecule has 1 aromatic carbocycles. The summed E-state index contributed by atoms with van der Waals surface area (Å²) in [5, 5.41) is 7.05. The van der Waals surface area contributed by atoms with Gasteiger partial charge in [0, 0.05) is 36.7 Å². The third-order valence-electron chi connectivity index (χ3n) is 3.96. The predicted octanol–water partition coefficient (Wildman–Crippen LogP) is 2.90. The van der Waals surface area contributed by atoms with E-state index in [1.54, 1.807) is 6.07 Å². The Morgan fingerprint density at radius 2 is 2.04 bits per heavy atom. The molecule has 1 heterocycles. The number of H-pyrrole nitrogens is 1. The van der Waals surface area contributed by atoms with Gasteiger partial charge in [0.25, 0.3) is 0 Å². The van der Waals surface area contributed by atoms with Crippen LogP contribution >= 0.6 is 0 Å². The zero-order chi connectivity index (χ0) is 19.9. The van der Waals surface area contributed by atoms with E-state index in [-0.39, 0.29) is 18.9 Å². The van der Waals surface area contributed by atoms with Crippen molar-refractivity contribution in [3.05, 3.63) is 35.8 Å². The lowest BCUT2D eigenvalue weighted by Gasteiger charge is -2.17. The first kappa shape index (κ1) is 21.0. The van der Waals surface area contributed by atoms with E-state index in [1.165, 1.54) is 24.1 Å². The standard InChI is InChI=1S/C18H25F4N5/c1-3-23-17(25-8-9-27(2)12-18(20,21)22)24-7-6-13-11-26-16-5-4-14(19)10-15(13)16/h4-5,10-11,26H,3,6-9,12H2,1-2H3,(H2,23,24,25). The van der Waals surface area contributed by atoms with Crippen LogP contribution in [0.3, 0.4) is 0 Å². The van der Waals surface area contributed by atoms with Crippen molar-refractivity contribution in [1.29, 1.82) is 0 Å². The van der Waals surface area contributed by atoms with Gasteiger partial charge in [0.2, 0.25) is 0 Å². The number of nitrogens with zero attached hydrogens (tertiary/aromatic N) is 2. The van der Waals surface area contributed by atoms with Crippen molar-refractivity contribution in [1.82, 2.24) is 20.5 Å². The highest BCUT2D eigenvalue weighted by atomic mass is 19.4. The third-order valence-corrected chi connectivity index (χ3v) is 3.96. The smallest absolute Gasteiger partial charge is 0.361 e. The predicted molar refractivity (Wildman–Crippen MR) is 99.5 cm³/mol. The van der Waals surface area contributed by atoms with Crippen LogP contribution in [0.2, 0.25) is 0 Å². The Kier molecular flexibility index (Phi) is 7.46. The van der Waals surface area contributed by atoms with Gasteiger partial charge in [0.15, 0.2) is 5.96 Å². The third kappa shape index (κ3) is 7.09. The summed E-state index contributed by atoms with van der Waals surface area (Å²) in [6.45, 7) is 2.62. The fourth-order valence-corrected chi connectivity index (χ4v) is 2.73. The summed E-state index contributed by atoms with van der Waals surface area (Å²) >= 11 is 0.